The number of amides is 1. The number of likely N-dealkylation sites (N-methyl/N-ethyl adjacent to an activating group) is 1. The molecular weight excluding hydrogens is 250 g/mol. The van der Waals surface area contributed by atoms with E-state index in [9.17, 15) is 4.79 Å². The van der Waals surface area contributed by atoms with Gasteiger partial charge in [0.2, 0.25) is 5.91 Å². The quantitative estimate of drug-likeness (QED) is 0.876. The molecule has 1 amide bonds. The molecular formula is C16H25N3O. The highest BCUT2D eigenvalue weighted by Gasteiger charge is 2.32. The molecule has 1 saturated heterocycles. The van der Waals surface area contributed by atoms with E-state index in [1.165, 1.54) is 16.7 Å². The Bertz CT molecular complexity index is 487. The van der Waals surface area contributed by atoms with Crippen molar-refractivity contribution >= 4 is 5.91 Å². The molecule has 1 fully saturated rings. The molecule has 1 aromatic carbocycles. The molecule has 2 N–H and O–H groups in total. The van der Waals surface area contributed by atoms with Crippen molar-refractivity contribution in [2.45, 2.75) is 32.9 Å². The number of rotatable bonds is 3. The SMILES string of the molecule is CNC(=O)C1CNCCN1C(C)c1cc(C)ccc1C. The fourth-order valence-corrected chi connectivity index (χ4v) is 2.98. The van der Waals surface area contributed by atoms with Crippen molar-refractivity contribution in [3.8, 4) is 0 Å². The zero-order valence-electron chi connectivity index (χ0n) is 12.9. The van der Waals surface area contributed by atoms with Crippen LogP contribution in [0.4, 0.5) is 0 Å². The summed E-state index contributed by atoms with van der Waals surface area (Å²) >= 11 is 0. The average Bonchev–Trinajstić information content (AvgIpc) is 2.48. The van der Waals surface area contributed by atoms with Gasteiger partial charge in [0, 0.05) is 32.7 Å². The summed E-state index contributed by atoms with van der Waals surface area (Å²) in [5, 5.41) is 6.09. The number of hydrogen-bond donors (Lipinski definition) is 2. The number of carbonyl (C=O) groups excluding carboxylic acids is 1. The topological polar surface area (TPSA) is 44.4 Å². The van der Waals surface area contributed by atoms with E-state index in [0.29, 0.717) is 0 Å². The molecule has 110 valence electrons. The monoisotopic (exact) mass is 275 g/mol. The maximum absolute atomic E-state index is 12.1. The predicted octanol–water partition coefficient (Wildman–Crippen LogP) is 1.38. The van der Waals surface area contributed by atoms with Gasteiger partial charge >= 0.3 is 0 Å². The Balaban J connectivity index is 2.27. The van der Waals surface area contributed by atoms with Crippen LogP contribution in [-0.4, -0.2) is 43.5 Å². The highest BCUT2D eigenvalue weighted by molar-refractivity contribution is 5.81. The minimum absolute atomic E-state index is 0.0920. The minimum Gasteiger partial charge on any atom is -0.358 e. The second-order valence-electron chi connectivity index (χ2n) is 5.61. The van der Waals surface area contributed by atoms with Crippen LogP contribution in [0.1, 0.15) is 29.7 Å². The van der Waals surface area contributed by atoms with Gasteiger partial charge in [-0.15, -0.1) is 0 Å². The lowest BCUT2D eigenvalue weighted by molar-refractivity contribution is -0.127. The number of benzene rings is 1. The van der Waals surface area contributed by atoms with E-state index in [1.807, 2.05) is 0 Å². The van der Waals surface area contributed by atoms with Gasteiger partial charge in [0.25, 0.3) is 0 Å². The summed E-state index contributed by atoms with van der Waals surface area (Å²) < 4.78 is 0. The highest BCUT2D eigenvalue weighted by atomic mass is 16.2. The van der Waals surface area contributed by atoms with Gasteiger partial charge in [-0.05, 0) is 31.9 Å². The van der Waals surface area contributed by atoms with Gasteiger partial charge in [0.1, 0.15) is 6.04 Å². The Morgan fingerprint density at radius 2 is 2.20 bits per heavy atom. The molecule has 1 aromatic rings. The molecule has 4 heteroatoms. The maximum atomic E-state index is 12.1. The van der Waals surface area contributed by atoms with Gasteiger partial charge in [-0.2, -0.15) is 0 Å². The Kier molecular flexibility index (Phi) is 4.78. The first kappa shape index (κ1) is 15.0. The fraction of sp³-hybridized carbons (Fsp3) is 0.562. The highest BCUT2D eigenvalue weighted by Crippen LogP contribution is 2.27. The standard InChI is InChI=1S/C16H25N3O/c1-11-5-6-12(2)14(9-11)13(3)19-8-7-18-10-15(19)16(20)17-4/h5-6,9,13,15,18H,7-8,10H2,1-4H3,(H,17,20). The Morgan fingerprint density at radius 1 is 1.45 bits per heavy atom. The molecule has 1 aliphatic heterocycles. The summed E-state index contributed by atoms with van der Waals surface area (Å²) in [7, 11) is 1.71. The molecule has 0 aliphatic carbocycles. The van der Waals surface area contributed by atoms with Gasteiger partial charge in [-0.1, -0.05) is 23.8 Å². The molecule has 2 rings (SSSR count). The van der Waals surface area contributed by atoms with Gasteiger partial charge in [-0.3, -0.25) is 9.69 Å². The first-order chi connectivity index (χ1) is 9.54. The minimum atomic E-state index is -0.0938. The van der Waals surface area contributed by atoms with Crippen LogP contribution >= 0.6 is 0 Å². The summed E-state index contributed by atoms with van der Waals surface area (Å²) in [5.74, 6) is 0.0920. The number of nitrogens with zero attached hydrogens (tertiary/aromatic N) is 1. The van der Waals surface area contributed by atoms with E-state index in [0.717, 1.165) is 19.6 Å². The Morgan fingerprint density at radius 3 is 2.90 bits per heavy atom. The molecule has 2 atom stereocenters. The van der Waals surface area contributed by atoms with Crippen LogP contribution in [0.3, 0.4) is 0 Å². The summed E-state index contributed by atoms with van der Waals surface area (Å²) in [5.41, 5.74) is 3.88. The van der Waals surface area contributed by atoms with Crippen molar-refractivity contribution in [1.29, 1.82) is 0 Å². The zero-order valence-corrected chi connectivity index (χ0v) is 12.9. The number of carbonyl (C=O) groups is 1. The largest absolute Gasteiger partial charge is 0.358 e. The maximum Gasteiger partial charge on any atom is 0.238 e. The molecule has 0 aromatic heterocycles. The van der Waals surface area contributed by atoms with E-state index >= 15 is 0 Å². The van der Waals surface area contributed by atoms with E-state index in [-0.39, 0.29) is 18.0 Å². The predicted molar refractivity (Wildman–Crippen MR) is 81.8 cm³/mol. The van der Waals surface area contributed by atoms with Crippen LogP contribution in [-0.2, 0) is 4.79 Å². The zero-order chi connectivity index (χ0) is 14.7. The summed E-state index contributed by atoms with van der Waals surface area (Å²) in [4.78, 5) is 14.4. The van der Waals surface area contributed by atoms with Crippen molar-refractivity contribution in [2.75, 3.05) is 26.7 Å². The van der Waals surface area contributed by atoms with Crippen LogP contribution in [0.5, 0.6) is 0 Å². The van der Waals surface area contributed by atoms with Gasteiger partial charge < -0.3 is 10.6 Å². The summed E-state index contributed by atoms with van der Waals surface area (Å²) in [6.07, 6.45) is 0. The first-order valence-corrected chi connectivity index (χ1v) is 7.29. The summed E-state index contributed by atoms with van der Waals surface area (Å²) in [6.45, 7) is 9.00. The van der Waals surface area contributed by atoms with Crippen LogP contribution in [0, 0.1) is 13.8 Å². The number of hydrogen-bond acceptors (Lipinski definition) is 3. The van der Waals surface area contributed by atoms with E-state index in [2.05, 4.69) is 54.5 Å². The second kappa shape index (κ2) is 6.37. The molecule has 0 bridgehead atoms. The van der Waals surface area contributed by atoms with Crippen LogP contribution in [0.15, 0.2) is 18.2 Å². The molecule has 0 spiro atoms. The van der Waals surface area contributed by atoms with Crippen molar-refractivity contribution in [1.82, 2.24) is 15.5 Å². The third-order valence-electron chi connectivity index (χ3n) is 4.22. The van der Waals surface area contributed by atoms with Crippen molar-refractivity contribution in [2.24, 2.45) is 0 Å². The van der Waals surface area contributed by atoms with Gasteiger partial charge in [0.15, 0.2) is 0 Å². The fourth-order valence-electron chi connectivity index (χ4n) is 2.98. The van der Waals surface area contributed by atoms with Crippen molar-refractivity contribution < 1.29 is 4.79 Å². The first-order valence-electron chi connectivity index (χ1n) is 7.29. The molecule has 1 heterocycles. The van der Waals surface area contributed by atoms with Crippen LogP contribution < -0.4 is 10.6 Å². The van der Waals surface area contributed by atoms with E-state index < -0.39 is 0 Å². The third-order valence-corrected chi connectivity index (χ3v) is 4.22. The molecule has 2 unspecified atom stereocenters. The molecule has 1 aliphatic rings. The smallest absolute Gasteiger partial charge is 0.238 e. The molecule has 0 radical (unpaired) electrons. The average molecular weight is 275 g/mol. The lowest BCUT2D eigenvalue weighted by atomic mass is 9.97. The molecule has 20 heavy (non-hydrogen) atoms. The van der Waals surface area contributed by atoms with Gasteiger partial charge in [-0.25, -0.2) is 0 Å². The Hall–Kier alpha value is -1.39. The lowest BCUT2D eigenvalue weighted by Crippen LogP contribution is -2.57. The number of aryl methyl sites for hydroxylation is 2. The molecule has 0 saturated carbocycles. The van der Waals surface area contributed by atoms with Crippen LogP contribution in [0.2, 0.25) is 0 Å². The van der Waals surface area contributed by atoms with Crippen LogP contribution in [0.25, 0.3) is 0 Å². The normalized spacial score (nSPS) is 21.5. The third kappa shape index (κ3) is 3.02. The van der Waals surface area contributed by atoms with Crippen molar-refractivity contribution in [3.63, 3.8) is 0 Å². The van der Waals surface area contributed by atoms with Crippen molar-refractivity contribution in [3.05, 3.63) is 34.9 Å². The van der Waals surface area contributed by atoms with Gasteiger partial charge in [0.05, 0.1) is 0 Å². The molecule has 4 nitrogen and oxygen atoms in total. The second-order valence-corrected chi connectivity index (χ2v) is 5.61. The Labute approximate surface area is 121 Å². The van der Waals surface area contributed by atoms with E-state index in [1.54, 1.807) is 7.05 Å². The summed E-state index contributed by atoms with van der Waals surface area (Å²) in [6, 6.07) is 6.70. The van der Waals surface area contributed by atoms with E-state index in [4.69, 9.17) is 0 Å². The number of piperazine rings is 1. The number of nitrogens with one attached hydrogen (secondary N) is 2. The lowest BCUT2D eigenvalue weighted by Gasteiger charge is -2.39.